The molecule has 2 heterocycles. The van der Waals surface area contributed by atoms with E-state index in [0.29, 0.717) is 30.6 Å². The van der Waals surface area contributed by atoms with Gasteiger partial charge in [-0.15, -0.1) is 0 Å². The zero-order chi connectivity index (χ0) is 16.6. The summed E-state index contributed by atoms with van der Waals surface area (Å²) in [6, 6.07) is 4.22. The van der Waals surface area contributed by atoms with Crippen molar-refractivity contribution in [3.05, 3.63) is 28.8 Å². The molecular weight excluding hydrogens is 288 g/mol. The van der Waals surface area contributed by atoms with Gasteiger partial charge in [-0.05, 0) is 53.9 Å². The first-order valence-electron chi connectivity index (χ1n) is 8.94. The van der Waals surface area contributed by atoms with Crippen molar-refractivity contribution in [2.45, 2.75) is 70.5 Å². The van der Waals surface area contributed by atoms with Crippen LogP contribution in [0.25, 0.3) is 0 Å². The third-order valence-electron chi connectivity index (χ3n) is 7.14. The van der Waals surface area contributed by atoms with Crippen LogP contribution in [-0.2, 0) is 16.6 Å². The minimum absolute atomic E-state index is 0.0471. The van der Waals surface area contributed by atoms with Crippen LogP contribution in [0.3, 0.4) is 0 Å². The zero-order valence-corrected chi connectivity index (χ0v) is 14.6. The molecule has 0 amide bonds. The Hall–Kier alpha value is -1.06. The summed E-state index contributed by atoms with van der Waals surface area (Å²) in [4.78, 5) is 0. The molecule has 23 heavy (non-hydrogen) atoms. The molecule has 3 atom stereocenters. The molecule has 3 heteroatoms. The van der Waals surface area contributed by atoms with E-state index in [0.717, 1.165) is 24.8 Å². The Balaban J connectivity index is 1.88. The van der Waals surface area contributed by atoms with Gasteiger partial charge in [0.1, 0.15) is 5.75 Å². The van der Waals surface area contributed by atoms with E-state index in [2.05, 4.69) is 33.8 Å². The average molecular weight is 316 g/mol. The van der Waals surface area contributed by atoms with Gasteiger partial charge in [-0.25, -0.2) is 0 Å². The van der Waals surface area contributed by atoms with Gasteiger partial charge in [-0.2, -0.15) is 0 Å². The Bertz CT molecular complexity index is 651. The van der Waals surface area contributed by atoms with Crippen molar-refractivity contribution in [3.63, 3.8) is 0 Å². The molecule has 126 valence electrons. The first kappa shape index (κ1) is 15.5. The van der Waals surface area contributed by atoms with Gasteiger partial charge in [0.2, 0.25) is 0 Å². The van der Waals surface area contributed by atoms with Gasteiger partial charge >= 0.3 is 0 Å². The summed E-state index contributed by atoms with van der Waals surface area (Å²) in [5, 5.41) is 21.5. The number of phenolic OH excluding ortho intramolecular Hbond substituents is 1. The third-order valence-corrected chi connectivity index (χ3v) is 7.14. The molecule has 0 unspecified atom stereocenters. The van der Waals surface area contributed by atoms with Crippen LogP contribution in [0.1, 0.15) is 69.6 Å². The van der Waals surface area contributed by atoms with Crippen molar-refractivity contribution in [1.82, 2.24) is 0 Å². The van der Waals surface area contributed by atoms with E-state index >= 15 is 0 Å². The van der Waals surface area contributed by atoms with Crippen LogP contribution in [0.5, 0.6) is 5.75 Å². The van der Waals surface area contributed by atoms with Crippen molar-refractivity contribution >= 4 is 0 Å². The lowest BCUT2D eigenvalue weighted by Gasteiger charge is -2.66. The van der Waals surface area contributed by atoms with Gasteiger partial charge in [0.05, 0.1) is 6.61 Å². The molecule has 1 aromatic carbocycles. The minimum Gasteiger partial charge on any atom is -0.508 e. The summed E-state index contributed by atoms with van der Waals surface area (Å²) >= 11 is 0. The molecule has 2 aliphatic heterocycles. The van der Waals surface area contributed by atoms with Gasteiger partial charge < -0.3 is 14.9 Å². The van der Waals surface area contributed by atoms with E-state index < -0.39 is 5.79 Å². The Kier molecular flexibility index (Phi) is 3.04. The SMILES string of the molecule is CC(C)c1cc2c(cc1O)[C@]13CC[C@](O)(OC1)C(C)(C)[C@@H]3CC2. The van der Waals surface area contributed by atoms with E-state index in [-0.39, 0.29) is 10.8 Å². The molecule has 2 N–H and O–H groups in total. The molecule has 0 radical (unpaired) electrons. The number of aryl methyl sites for hydroxylation is 1. The van der Waals surface area contributed by atoms with E-state index in [1.165, 1.54) is 11.1 Å². The number of hydrogen-bond acceptors (Lipinski definition) is 3. The monoisotopic (exact) mass is 316 g/mol. The maximum atomic E-state index is 10.9. The molecule has 2 bridgehead atoms. The minimum atomic E-state index is -0.989. The van der Waals surface area contributed by atoms with Crippen LogP contribution in [0.4, 0.5) is 0 Å². The summed E-state index contributed by atoms with van der Waals surface area (Å²) in [7, 11) is 0. The number of aromatic hydroxyl groups is 1. The Morgan fingerprint density at radius 1 is 1.22 bits per heavy atom. The van der Waals surface area contributed by atoms with E-state index in [4.69, 9.17) is 4.74 Å². The first-order valence-corrected chi connectivity index (χ1v) is 8.94. The van der Waals surface area contributed by atoms with Crippen LogP contribution in [0.2, 0.25) is 0 Å². The summed E-state index contributed by atoms with van der Waals surface area (Å²) in [5.41, 5.74) is 3.38. The molecule has 0 aromatic heterocycles. The number of phenols is 1. The Labute approximate surface area is 138 Å². The lowest BCUT2D eigenvalue weighted by atomic mass is 9.46. The second-order valence-electron chi connectivity index (χ2n) is 8.77. The molecule has 2 aliphatic carbocycles. The number of aliphatic hydroxyl groups is 1. The highest BCUT2D eigenvalue weighted by molar-refractivity contribution is 5.50. The smallest absolute Gasteiger partial charge is 0.170 e. The highest BCUT2D eigenvalue weighted by Crippen LogP contribution is 2.65. The van der Waals surface area contributed by atoms with Crippen molar-refractivity contribution in [2.75, 3.05) is 6.61 Å². The summed E-state index contributed by atoms with van der Waals surface area (Å²) in [5.74, 6) is 0.153. The summed E-state index contributed by atoms with van der Waals surface area (Å²) in [6.07, 6.45) is 3.75. The summed E-state index contributed by atoms with van der Waals surface area (Å²) in [6.45, 7) is 9.12. The lowest BCUT2D eigenvalue weighted by Crippen LogP contribution is -2.69. The van der Waals surface area contributed by atoms with E-state index in [1.807, 2.05) is 6.07 Å². The fourth-order valence-electron chi connectivity index (χ4n) is 5.65. The van der Waals surface area contributed by atoms with Gasteiger partial charge in [0.25, 0.3) is 0 Å². The fourth-order valence-corrected chi connectivity index (χ4v) is 5.65. The Morgan fingerprint density at radius 2 is 1.96 bits per heavy atom. The molecule has 1 saturated carbocycles. The van der Waals surface area contributed by atoms with Gasteiger partial charge in [-0.3, -0.25) is 0 Å². The predicted octanol–water partition coefficient (Wildman–Crippen LogP) is 3.85. The van der Waals surface area contributed by atoms with Crippen molar-refractivity contribution in [2.24, 2.45) is 11.3 Å². The molecule has 4 aliphatic rings. The predicted molar refractivity (Wildman–Crippen MR) is 89.6 cm³/mol. The molecule has 3 fully saturated rings. The molecule has 1 aromatic rings. The average Bonchev–Trinajstić information content (AvgIpc) is 2.49. The van der Waals surface area contributed by atoms with Gasteiger partial charge in [-0.1, -0.05) is 33.8 Å². The zero-order valence-electron chi connectivity index (χ0n) is 14.6. The van der Waals surface area contributed by atoms with Crippen LogP contribution < -0.4 is 0 Å². The quantitative estimate of drug-likeness (QED) is 0.827. The fraction of sp³-hybridized carbons (Fsp3) is 0.700. The number of hydrogen-bond donors (Lipinski definition) is 2. The van der Waals surface area contributed by atoms with Gasteiger partial charge in [0, 0.05) is 17.3 Å². The molecule has 1 spiro atoms. The van der Waals surface area contributed by atoms with Crippen LogP contribution in [0.15, 0.2) is 12.1 Å². The maximum Gasteiger partial charge on any atom is 0.170 e. The summed E-state index contributed by atoms with van der Waals surface area (Å²) < 4.78 is 5.99. The van der Waals surface area contributed by atoms with Crippen LogP contribution in [-0.4, -0.2) is 22.6 Å². The number of fused-ring (bicyclic) bond motifs is 3. The van der Waals surface area contributed by atoms with Crippen molar-refractivity contribution in [3.8, 4) is 5.75 Å². The number of ether oxygens (including phenoxy) is 1. The number of rotatable bonds is 1. The highest BCUT2D eigenvalue weighted by Gasteiger charge is 2.66. The molecule has 2 saturated heterocycles. The highest BCUT2D eigenvalue weighted by atomic mass is 16.6. The van der Waals surface area contributed by atoms with E-state index in [9.17, 15) is 10.2 Å². The van der Waals surface area contributed by atoms with Gasteiger partial charge in [0.15, 0.2) is 5.79 Å². The first-order chi connectivity index (χ1) is 10.7. The molecular formula is C20H28O3. The maximum absolute atomic E-state index is 10.9. The number of benzene rings is 1. The normalized spacial score (nSPS) is 37.6. The lowest BCUT2D eigenvalue weighted by molar-refractivity contribution is -0.356. The topological polar surface area (TPSA) is 49.7 Å². The third kappa shape index (κ3) is 1.78. The largest absolute Gasteiger partial charge is 0.508 e. The van der Waals surface area contributed by atoms with Crippen molar-refractivity contribution < 1.29 is 14.9 Å². The molecule has 3 nitrogen and oxygen atoms in total. The Morgan fingerprint density at radius 3 is 2.57 bits per heavy atom. The van der Waals surface area contributed by atoms with Crippen LogP contribution in [0, 0.1) is 11.3 Å². The standard InChI is InChI=1S/C20H28O3/c1-12(2)14-9-13-5-6-17-18(3,4)20(22)8-7-19(17,11-23-20)15(13)10-16(14)21/h9-10,12,17,21-22H,5-8,11H2,1-4H3/t17-,19-,20-/m0/s1. The van der Waals surface area contributed by atoms with E-state index in [1.54, 1.807) is 0 Å². The van der Waals surface area contributed by atoms with Crippen LogP contribution >= 0.6 is 0 Å². The second kappa shape index (κ2) is 4.52. The molecule has 5 rings (SSSR count). The second-order valence-corrected chi connectivity index (χ2v) is 8.77. The van der Waals surface area contributed by atoms with Crippen molar-refractivity contribution in [1.29, 1.82) is 0 Å².